The Hall–Kier alpha value is -2.61. The maximum absolute atomic E-state index is 12.5. The van der Waals surface area contributed by atoms with E-state index in [-0.39, 0.29) is 31.0 Å². The van der Waals surface area contributed by atoms with E-state index in [0.29, 0.717) is 23.6 Å². The maximum Gasteiger partial charge on any atom is 0.341 e. The van der Waals surface area contributed by atoms with Gasteiger partial charge in [0.1, 0.15) is 5.75 Å². The van der Waals surface area contributed by atoms with Crippen LogP contribution in [0.2, 0.25) is 5.02 Å². The van der Waals surface area contributed by atoms with Crippen LogP contribution >= 0.6 is 11.6 Å². The molecule has 0 saturated carbocycles. The highest BCUT2D eigenvalue weighted by Crippen LogP contribution is 2.47. The lowest BCUT2D eigenvalue weighted by Gasteiger charge is -2.44. The first-order valence-electron chi connectivity index (χ1n) is 11.8. The molecule has 1 fully saturated rings. The lowest BCUT2D eigenvalue weighted by molar-refractivity contribution is -0.139. The van der Waals surface area contributed by atoms with Gasteiger partial charge < -0.3 is 25.0 Å². The topological polar surface area (TPSA) is 105 Å². The van der Waals surface area contributed by atoms with Crippen molar-refractivity contribution >= 4 is 23.5 Å². The molecule has 2 aromatic carbocycles. The molecule has 190 valence electrons. The smallest absolute Gasteiger partial charge is 0.341 e. The Labute approximate surface area is 211 Å². The van der Waals surface area contributed by atoms with Gasteiger partial charge in [0.25, 0.3) is 0 Å². The molecule has 0 bridgehead atoms. The molecule has 0 aliphatic carbocycles. The van der Waals surface area contributed by atoms with Crippen molar-refractivity contribution in [3.63, 3.8) is 0 Å². The number of nitrogens with one attached hydrogen (secondary N) is 1. The number of carboxylic acid groups (broad SMARTS) is 1. The van der Waals surface area contributed by atoms with Crippen LogP contribution < -0.4 is 10.1 Å². The lowest BCUT2D eigenvalue weighted by atomic mass is 9.80. The van der Waals surface area contributed by atoms with Gasteiger partial charge >= 0.3 is 5.97 Å². The second-order valence-electron chi connectivity index (χ2n) is 9.75. The van der Waals surface area contributed by atoms with Crippen molar-refractivity contribution in [2.75, 3.05) is 13.2 Å². The number of hydrogen-bond acceptors (Lipinski definition) is 5. The average molecular weight is 504 g/mol. The van der Waals surface area contributed by atoms with Crippen LogP contribution in [0, 0.1) is 6.92 Å². The van der Waals surface area contributed by atoms with E-state index < -0.39 is 24.2 Å². The number of carbonyl (C=O) groups is 2. The Morgan fingerprint density at radius 3 is 2.57 bits per heavy atom. The van der Waals surface area contributed by atoms with Crippen LogP contribution in [0.25, 0.3) is 0 Å². The number of carbonyl (C=O) groups excluding carboxylic acids is 1. The standard InChI is InChI=1S/C27H34ClNO6/c1-16(2)19-10-17(3)26(21(12-19)34-15-25(32)33)23-14-27(4,29-24(31)8-9-30)13-22(35-23)18-6-5-7-20(28)11-18/h5-7,10-12,16,22-23,30H,8-9,13-15H2,1-4H3,(H,29,31)(H,32,33)/t22-,23+,27+/m0/s1. The monoisotopic (exact) mass is 503 g/mol. The summed E-state index contributed by atoms with van der Waals surface area (Å²) in [7, 11) is 0. The Morgan fingerprint density at radius 1 is 1.23 bits per heavy atom. The van der Waals surface area contributed by atoms with E-state index in [9.17, 15) is 19.8 Å². The number of hydrogen-bond donors (Lipinski definition) is 3. The number of aryl methyl sites for hydroxylation is 1. The number of aliphatic carboxylic acids is 1. The van der Waals surface area contributed by atoms with Gasteiger partial charge in [0.15, 0.2) is 6.61 Å². The van der Waals surface area contributed by atoms with Gasteiger partial charge in [0, 0.05) is 35.4 Å². The fourth-order valence-corrected chi connectivity index (χ4v) is 4.87. The molecule has 3 atom stereocenters. The summed E-state index contributed by atoms with van der Waals surface area (Å²) in [6, 6.07) is 11.4. The van der Waals surface area contributed by atoms with Crippen LogP contribution in [0.3, 0.4) is 0 Å². The van der Waals surface area contributed by atoms with Gasteiger partial charge in [-0.15, -0.1) is 0 Å². The van der Waals surface area contributed by atoms with Crippen molar-refractivity contribution in [2.45, 2.75) is 70.6 Å². The third-order valence-electron chi connectivity index (χ3n) is 6.31. The number of ether oxygens (including phenoxy) is 2. The largest absolute Gasteiger partial charge is 0.482 e. The highest BCUT2D eigenvalue weighted by Gasteiger charge is 2.41. The van der Waals surface area contributed by atoms with E-state index in [2.05, 4.69) is 25.2 Å². The normalized spacial score (nSPS) is 22.1. The van der Waals surface area contributed by atoms with E-state index in [1.165, 1.54) is 0 Å². The Bertz CT molecular complexity index is 1070. The summed E-state index contributed by atoms with van der Waals surface area (Å²) >= 11 is 6.25. The minimum atomic E-state index is -1.06. The first-order chi connectivity index (χ1) is 16.5. The molecule has 3 N–H and O–H groups in total. The first-order valence-corrected chi connectivity index (χ1v) is 12.2. The molecule has 1 heterocycles. The van der Waals surface area contributed by atoms with E-state index in [1.54, 1.807) is 6.07 Å². The summed E-state index contributed by atoms with van der Waals surface area (Å²) in [5, 5.41) is 22.1. The molecule has 35 heavy (non-hydrogen) atoms. The molecule has 1 aliphatic heterocycles. The molecular formula is C27H34ClNO6. The third-order valence-corrected chi connectivity index (χ3v) is 6.55. The number of carboxylic acids is 1. The van der Waals surface area contributed by atoms with Gasteiger partial charge in [-0.1, -0.05) is 43.6 Å². The number of aliphatic hydroxyl groups excluding tert-OH is 1. The predicted molar refractivity (Wildman–Crippen MR) is 134 cm³/mol. The van der Waals surface area contributed by atoms with Crippen LogP contribution in [0.5, 0.6) is 5.75 Å². The zero-order valence-corrected chi connectivity index (χ0v) is 21.4. The molecule has 2 aromatic rings. The fourth-order valence-electron chi connectivity index (χ4n) is 4.67. The highest BCUT2D eigenvalue weighted by molar-refractivity contribution is 6.30. The minimum absolute atomic E-state index is 0.0119. The number of amides is 1. The van der Waals surface area contributed by atoms with Crippen molar-refractivity contribution in [3.05, 3.63) is 63.7 Å². The van der Waals surface area contributed by atoms with Crippen molar-refractivity contribution < 1.29 is 29.3 Å². The second-order valence-corrected chi connectivity index (χ2v) is 10.2. The Morgan fingerprint density at radius 2 is 1.94 bits per heavy atom. The summed E-state index contributed by atoms with van der Waals surface area (Å²) in [5.74, 6) is -0.609. The Balaban J connectivity index is 2.06. The van der Waals surface area contributed by atoms with Crippen LogP contribution in [-0.2, 0) is 14.3 Å². The summed E-state index contributed by atoms with van der Waals surface area (Å²) in [6.45, 7) is 7.35. The van der Waals surface area contributed by atoms with Crippen molar-refractivity contribution in [2.24, 2.45) is 0 Å². The third kappa shape index (κ3) is 6.97. The number of halogens is 1. The predicted octanol–water partition coefficient (Wildman–Crippen LogP) is 5.09. The number of benzene rings is 2. The minimum Gasteiger partial charge on any atom is -0.482 e. The first kappa shape index (κ1) is 27.0. The lowest BCUT2D eigenvalue weighted by Crippen LogP contribution is -2.51. The van der Waals surface area contributed by atoms with E-state index in [0.717, 1.165) is 22.3 Å². The molecule has 7 nitrogen and oxygen atoms in total. The molecular weight excluding hydrogens is 470 g/mol. The van der Waals surface area contributed by atoms with Crippen LogP contribution in [0.4, 0.5) is 0 Å². The van der Waals surface area contributed by atoms with Gasteiger partial charge in [-0.2, -0.15) is 0 Å². The SMILES string of the molecule is Cc1cc(C(C)C)cc(OCC(=O)O)c1[C@H]1C[C@](C)(NC(=O)CCO)C[C@@H](c2cccc(Cl)c2)O1. The van der Waals surface area contributed by atoms with Crippen molar-refractivity contribution in [3.8, 4) is 5.75 Å². The zero-order chi connectivity index (χ0) is 25.8. The molecule has 0 spiro atoms. The molecule has 0 radical (unpaired) electrons. The van der Waals surface area contributed by atoms with E-state index in [4.69, 9.17) is 21.1 Å². The molecule has 3 rings (SSSR count). The molecule has 1 aliphatic rings. The van der Waals surface area contributed by atoms with Gasteiger partial charge in [0.05, 0.1) is 18.8 Å². The zero-order valence-electron chi connectivity index (χ0n) is 20.6. The van der Waals surface area contributed by atoms with Gasteiger partial charge in [-0.3, -0.25) is 4.79 Å². The quantitative estimate of drug-likeness (QED) is 0.440. The Kier molecular flexibility index (Phi) is 8.80. The van der Waals surface area contributed by atoms with Crippen LogP contribution in [0.1, 0.15) is 80.4 Å². The van der Waals surface area contributed by atoms with Gasteiger partial charge in [-0.05, 0) is 54.7 Å². The molecule has 1 saturated heterocycles. The fraction of sp³-hybridized carbons (Fsp3) is 0.481. The molecule has 0 aromatic heterocycles. The summed E-state index contributed by atoms with van der Waals surface area (Å²) in [6.07, 6.45) is 0.126. The van der Waals surface area contributed by atoms with Crippen LogP contribution in [-0.4, -0.2) is 40.8 Å². The number of rotatable bonds is 9. The van der Waals surface area contributed by atoms with Crippen molar-refractivity contribution in [1.29, 1.82) is 0 Å². The van der Waals surface area contributed by atoms with E-state index in [1.807, 2.05) is 38.1 Å². The summed E-state index contributed by atoms with van der Waals surface area (Å²) in [5.41, 5.74) is 2.97. The summed E-state index contributed by atoms with van der Waals surface area (Å²) in [4.78, 5) is 23.7. The average Bonchev–Trinajstić information content (AvgIpc) is 2.76. The number of aliphatic hydroxyl groups is 1. The van der Waals surface area contributed by atoms with Crippen LogP contribution in [0.15, 0.2) is 36.4 Å². The molecule has 1 amide bonds. The van der Waals surface area contributed by atoms with Crippen molar-refractivity contribution in [1.82, 2.24) is 5.32 Å². The van der Waals surface area contributed by atoms with Gasteiger partial charge in [0.2, 0.25) is 5.91 Å². The van der Waals surface area contributed by atoms with E-state index >= 15 is 0 Å². The highest BCUT2D eigenvalue weighted by atomic mass is 35.5. The molecule has 8 heteroatoms. The molecule has 0 unspecified atom stereocenters. The second kappa shape index (κ2) is 11.4. The summed E-state index contributed by atoms with van der Waals surface area (Å²) < 4.78 is 12.3. The van der Waals surface area contributed by atoms with Gasteiger partial charge in [-0.25, -0.2) is 4.79 Å². The maximum atomic E-state index is 12.5.